The molecule has 0 aliphatic carbocycles. The number of carbonyl (C=O) groups is 4. The molecule has 0 amide bonds. The Bertz CT molecular complexity index is 895. The van der Waals surface area contributed by atoms with Crippen LogP contribution in [0.4, 0.5) is 11.4 Å². The number of rotatable bonds is 10. The van der Waals surface area contributed by atoms with E-state index in [1.165, 1.54) is 24.3 Å². The van der Waals surface area contributed by atoms with E-state index in [1.54, 1.807) is 22.4 Å². The van der Waals surface area contributed by atoms with Crippen molar-refractivity contribution in [2.75, 3.05) is 5.32 Å². The minimum absolute atomic E-state index is 0.128. The van der Waals surface area contributed by atoms with Crippen molar-refractivity contribution in [2.45, 2.75) is 0 Å². The summed E-state index contributed by atoms with van der Waals surface area (Å²) in [6.45, 7) is 0. The molecule has 0 saturated carbocycles. The summed E-state index contributed by atoms with van der Waals surface area (Å²) in [4.78, 5) is 66.2. The van der Waals surface area contributed by atoms with E-state index in [0.29, 0.717) is 0 Å². The van der Waals surface area contributed by atoms with E-state index < -0.39 is 23.9 Å². The van der Waals surface area contributed by atoms with Gasteiger partial charge in [-0.05, 0) is 36.4 Å². The lowest BCUT2D eigenvalue weighted by Gasteiger charge is -2.13. The highest BCUT2D eigenvalue weighted by Gasteiger charge is 2.18. The van der Waals surface area contributed by atoms with Crippen LogP contribution in [0.3, 0.4) is 0 Å². The number of nitrogens with two attached hydrogens (primary N) is 4. The molecule has 2 rings (SSSR count). The minimum atomic E-state index is -0.944. The molecule has 17 heteroatoms. The van der Waals surface area contributed by atoms with Gasteiger partial charge in [-0.25, -0.2) is 42.5 Å². The number of benzene rings is 2. The van der Waals surface area contributed by atoms with Gasteiger partial charge in [-0.3, -0.25) is 0 Å². The molecule has 17 nitrogen and oxygen atoms in total. The lowest BCUT2D eigenvalue weighted by atomic mass is 10.1. The van der Waals surface area contributed by atoms with Gasteiger partial charge in [0.25, 0.3) is 0 Å². The molecule has 0 atom stereocenters. The third kappa shape index (κ3) is 6.90. The molecule has 13 N–H and O–H groups in total. The van der Waals surface area contributed by atoms with Crippen molar-refractivity contribution in [1.29, 1.82) is 0 Å². The Labute approximate surface area is 184 Å². The summed E-state index contributed by atoms with van der Waals surface area (Å²) in [5.41, 5.74) is 6.62. The smallest absolute Gasteiger partial charge is 0.355 e. The first-order chi connectivity index (χ1) is 15.8. The van der Waals surface area contributed by atoms with Gasteiger partial charge in [0.15, 0.2) is 0 Å². The predicted molar refractivity (Wildman–Crippen MR) is 107 cm³/mol. The Morgan fingerprint density at radius 1 is 0.485 bits per heavy atom. The lowest BCUT2D eigenvalue weighted by molar-refractivity contribution is 0.0234. The van der Waals surface area contributed by atoms with Crippen LogP contribution in [0.2, 0.25) is 0 Å². The van der Waals surface area contributed by atoms with Gasteiger partial charge in [0, 0.05) is 11.4 Å². The zero-order chi connectivity index (χ0) is 24.4. The summed E-state index contributed by atoms with van der Waals surface area (Å²) in [5, 5.41) is 2.82. The quantitative estimate of drug-likeness (QED) is 0.100. The fourth-order valence-electron chi connectivity index (χ4n) is 2.49. The van der Waals surface area contributed by atoms with E-state index in [9.17, 15) is 19.2 Å². The summed E-state index contributed by atoms with van der Waals surface area (Å²) >= 11 is 0. The van der Waals surface area contributed by atoms with E-state index >= 15 is 0 Å². The van der Waals surface area contributed by atoms with Gasteiger partial charge >= 0.3 is 23.9 Å². The molecule has 0 fully saturated rings. The maximum absolute atomic E-state index is 12.1. The van der Waals surface area contributed by atoms with E-state index in [1.807, 2.05) is 0 Å². The van der Waals surface area contributed by atoms with Crippen LogP contribution in [0.25, 0.3) is 0 Å². The fraction of sp³-hybridized carbons (Fsp3) is 0. The van der Waals surface area contributed by atoms with Crippen LogP contribution in [0.1, 0.15) is 41.4 Å². The molecule has 0 bridgehead atoms. The largest absolute Gasteiger partial charge is 0.358 e. The topological polar surface area (TPSA) is 269 Å². The van der Waals surface area contributed by atoms with E-state index in [2.05, 4.69) is 24.7 Å². The van der Waals surface area contributed by atoms with Crippen molar-refractivity contribution < 1.29 is 38.5 Å². The summed E-state index contributed by atoms with van der Waals surface area (Å²) in [6, 6.07) is 7.38. The van der Waals surface area contributed by atoms with Crippen molar-refractivity contribution >= 4 is 35.3 Å². The fourth-order valence-corrected chi connectivity index (χ4v) is 2.49. The maximum atomic E-state index is 12.1. The van der Waals surface area contributed by atoms with Crippen LogP contribution in [0, 0.1) is 0 Å². The molecule has 0 aliphatic rings. The Hall–Kier alpha value is -4.20. The molecule has 0 radical (unpaired) electrons. The molecule has 0 aromatic heterocycles. The number of nitrogens with one attached hydrogen (secondary N) is 5. The van der Waals surface area contributed by atoms with E-state index in [-0.39, 0.29) is 33.6 Å². The first-order valence-electron chi connectivity index (χ1n) is 8.57. The summed E-state index contributed by atoms with van der Waals surface area (Å²) < 4.78 is 0. The average Bonchev–Trinajstić information content (AvgIpc) is 2.79. The Kier molecular flexibility index (Phi) is 9.11. The second-order valence-corrected chi connectivity index (χ2v) is 5.75. The average molecular weight is 465 g/mol. The first-order valence-corrected chi connectivity index (χ1v) is 8.57. The highest BCUT2D eigenvalue weighted by molar-refractivity contribution is 5.99. The molecule has 2 aromatic carbocycles. The van der Waals surface area contributed by atoms with Crippen molar-refractivity contribution in [3.8, 4) is 0 Å². The number of hydrogen-bond acceptors (Lipinski definition) is 17. The van der Waals surface area contributed by atoms with Crippen LogP contribution in [0.15, 0.2) is 36.4 Å². The Morgan fingerprint density at radius 2 is 0.727 bits per heavy atom. The van der Waals surface area contributed by atoms with E-state index in [4.69, 9.17) is 23.4 Å². The van der Waals surface area contributed by atoms with Gasteiger partial charge in [0.1, 0.15) is 0 Å². The van der Waals surface area contributed by atoms with Crippen LogP contribution in [-0.4, -0.2) is 23.9 Å². The maximum Gasteiger partial charge on any atom is 0.358 e. The van der Waals surface area contributed by atoms with Crippen LogP contribution < -0.4 is 51.0 Å². The van der Waals surface area contributed by atoms with Crippen molar-refractivity contribution in [3.05, 3.63) is 58.7 Å². The summed E-state index contributed by atoms with van der Waals surface area (Å²) in [7, 11) is 0. The van der Waals surface area contributed by atoms with Crippen molar-refractivity contribution in [1.82, 2.24) is 22.4 Å². The van der Waals surface area contributed by atoms with Crippen LogP contribution in [0.5, 0.6) is 0 Å². The molecule has 0 aliphatic heterocycles. The second kappa shape index (κ2) is 12.0. The highest BCUT2D eigenvalue weighted by atomic mass is 16.7. The number of hydrazine groups is 4. The van der Waals surface area contributed by atoms with Gasteiger partial charge in [-0.1, -0.05) is 22.4 Å². The third-order valence-electron chi connectivity index (χ3n) is 3.70. The van der Waals surface area contributed by atoms with Crippen LogP contribution in [-0.2, 0) is 19.4 Å². The SMILES string of the molecule is NNOC(=O)c1cc(Nc2cc(C(=O)ONN)cc(C(=O)ONN)c2)cc(C(=O)ONN)c1. The molecule has 2 aromatic rings. The molecular weight excluding hydrogens is 446 g/mol. The number of carbonyl (C=O) groups excluding carboxylic acids is 4. The summed E-state index contributed by atoms with van der Waals surface area (Å²) in [5.74, 6) is 16.1. The van der Waals surface area contributed by atoms with Crippen molar-refractivity contribution in [2.24, 2.45) is 23.4 Å². The first kappa shape index (κ1) is 25.1. The number of anilines is 2. The molecule has 33 heavy (non-hydrogen) atoms. The molecule has 0 saturated heterocycles. The zero-order valence-electron chi connectivity index (χ0n) is 16.5. The molecule has 176 valence electrons. The summed E-state index contributed by atoms with van der Waals surface area (Å²) in [6.07, 6.45) is 0. The van der Waals surface area contributed by atoms with E-state index in [0.717, 1.165) is 12.1 Å². The molecule has 0 unspecified atom stereocenters. The van der Waals surface area contributed by atoms with Crippen molar-refractivity contribution in [3.63, 3.8) is 0 Å². The predicted octanol–water partition coefficient (Wildman–Crippen LogP) is -2.43. The Balaban J connectivity index is 2.52. The van der Waals surface area contributed by atoms with Crippen LogP contribution >= 0.6 is 0 Å². The highest BCUT2D eigenvalue weighted by Crippen LogP contribution is 2.24. The van der Waals surface area contributed by atoms with Gasteiger partial charge in [0.2, 0.25) is 0 Å². The lowest BCUT2D eigenvalue weighted by Crippen LogP contribution is -2.28. The van der Waals surface area contributed by atoms with Gasteiger partial charge in [-0.2, -0.15) is 0 Å². The third-order valence-corrected chi connectivity index (χ3v) is 3.70. The zero-order valence-corrected chi connectivity index (χ0v) is 16.5. The normalized spacial score (nSPS) is 10.2. The number of hydrogen-bond donors (Lipinski definition) is 9. The van der Waals surface area contributed by atoms with Gasteiger partial charge in [-0.15, -0.1) is 0 Å². The minimum Gasteiger partial charge on any atom is -0.355 e. The molecule has 0 spiro atoms. The molecule has 0 heterocycles. The van der Waals surface area contributed by atoms with Gasteiger partial charge in [0.05, 0.1) is 22.3 Å². The standard InChI is InChI=1S/C16H19N9O8/c17-22-30-13(26)7-1-8(14(27)31-23-18)4-11(3-7)21-12-5-9(15(28)32-24-19)2-10(6-12)16(29)33-25-20/h1-6,21-25H,17-20H2. The monoisotopic (exact) mass is 465 g/mol. The Morgan fingerprint density at radius 3 is 0.939 bits per heavy atom. The van der Waals surface area contributed by atoms with Gasteiger partial charge < -0.3 is 24.7 Å². The molecular formula is C16H19N9O8. The second-order valence-electron chi connectivity index (χ2n) is 5.75.